The molecule has 35 heavy (non-hydrogen) atoms. The van der Waals surface area contributed by atoms with Gasteiger partial charge >= 0.3 is 6.03 Å². The van der Waals surface area contributed by atoms with Gasteiger partial charge < -0.3 is 23.8 Å². The summed E-state index contributed by atoms with van der Waals surface area (Å²) in [4.78, 5) is 30.0. The molecule has 3 heterocycles. The lowest BCUT2D eigenvalue weighted by molar-refractivity contribution is -0.223. The number of halogens is 2. The van der Waals surface area contributed by atoms with Crippen molar-refractivity contribution in [2.75, 3.05) is 12.0 Å². The van der Waals surface area contributed by atoms with Crippen LogP contribution in [0.25, 0.3) is 0 Å². The predicted molar refractivity (Wildman–Crippen MR) is 129 cm³/mol. The molecule has 2 aromatic rings. The lowest BCUT2D eigenvalue weighted by atomic mass is 9.95. The molecule has 5 rings (SSSR count). The number of urea groups is 1. The van der Waals surface area contributed by atoms with Gasteiger partial charge in [0.2, 0.25) is 5.91 Å². The third kappa shape index (κ3) is 4.55. The van der Waals surface area contributed by atoms with E-state index in [2.05, 4.69) is 0 Å². The molecule has 3 aliphatic heterocycles. The molecule has 3 amide bonds. The van der Waals surface area contributed by atoms with Gasteiger partial charge in [0.1, 0.15) is 18.3 Å². The number of ether oxygens (including phenoxy) is 4. The second-order valence-electron chi connectivity index (χ2n) is 9.26. The molecule has 3 saturated heterocycles. The second kappa shape index (κ2) is 9.35. The summed E-state index contributed by atoms with van der Waals surface area (Å²) in [7, 11) is 1.56. The van der Waals surface area contributed by atoms with Gasteiger partial charge in [-0.05, 0) is 37.6 Å². The number of imide groups is 1. The third-order valence-electron chi connectivity index (χ3n) is 6.50. The van der Waals surface area contributed by atoms with E-state index in [9.17, 15) is 9.59 Å². The van der Waals surface area contributed by atoms with Gasteiger partial charge in [-0.2, -0.15) is 0 Å². The summed E-state index contributed by atoms with van der Waals surface area (Å²) in [6.45, 7) is 3.87. The highest BCUT2D eigenvalue weighted by Crippen LogP contribution is 2.42. The van der Waals surface area contributed by atoms with Crippen molar-refractivity contribution in [3.63, 3.8) is 0 Å². The highest BCUT2D eigenvalue weighted by atomic mass is 35.5. The third-order valence-corrected chi connectivity index (χ3v) is 7.03. The summed E-state index contributed by atoms with van der Waals surface area (Å²) in [5, 5.41) is 0.620. The Morgan fingerprint density at radius 3 is 2.49 bits per heavy atom. The molecular formula is C25H26Cl2N2O6. The van der Waals surface area contributed by atoms with Gasteiger partial charge in [0.25, 0.3) is 0 Å². The van der Waals surface area contributed by atoms with Crippen LogP contribution in [0.5, 0.6) is 0 Å². The van der Waals surface area contributed by atoms with Crippen LogP contribution in [0.1, 0.15) is 25.8 Å². The molecule has 0 saturated carbocycles. The van der Waals surface area contributed by atoms with Crippen LogP contribution in [0.4, 0.5) is 10.5 Å². The molecule has 0 unspecified atom stereocenters. The second-order valence-corrected chi connectivity index (χ2v) is 10.1. The Morgan fingerprint density at radius 1 is 1.06 bits per heavy atom. The molecule has 3 aliphatic rings. The highest BCUT2D eigenvalue weighted by Gasteiger charge is 2.59. The fourth-order valence-electron chi connectivity index (χ4n) is 5.00. The van der Waals surface area contributed by atoms with Crippen LogP contribution >= 0.6 is 23.2 Å². The number of carbonyl (C=O) groups excluding carboxylic acids is 2. The molecule has 0 aromatic heterocycles. The molecule has 0 aliphatic carbocycles. The molecule has 3 fully saturated rings. The van der Waals surface area contributed by atoms with Gasteiger partial charge in [-0.25, -0.2) is 9.69 Å². The maximum absolute atomic E-state index is 13.9. The van der Waals surface area contributed by atoms with Gasteiger partial charge in [0, 0.05) is 18.7 Å². The molecule has 10 heteroatoms. The first-order valence-corrected chi connectivity index (χ1v) is 12.1. The largest absolute Gasteiger partial charge is 0.376 e. The van der Waals surface area contributed by atoms with Crippen molar-refractivity contribution in [2.24, 2.45) is 0 Å². The van der Waals surface area contributed by atoms with Gasteiger partial charge in [0.05, 0.1) is 23.2 Å². The molecule has 0 spiro atoms. The van der Waals surface area contributed by atoms with Crippen LogP contribution in [-0.2, 0) is 30.3 Å². The Labute approximate surface area is 213 Å². The molecule has 0 bridgehead atoms. The van der Waals surface area contributed by atoms with Crippen LogP contribution in [0.3, 0.4) is 0 Å². The molecule has 0 N–H and O–H groups in total. The SMILES string of the molecule is CO[C@@H]1[C@H]2OC(C)(C)O[C@H]2O[C@@H]1[C@@H]1CC(=O)N(c2ccc(Cl)cc2Cl)C(=O)N1Cc1ccccc1. The number of nitrogens with zero attached hydrogens (tertiary/aromatic N) is 2. The van der Waals surface area contributed by atoms with Gasteiger partial charge in [-0.3, -0.25) is 4.79 Å². The van der Waals surface area contributed by atoms with Crippen molar-refractivity contribution in [3.05, 3.63) is 64.1 Å². The summed E-state index contributed by atoms with van der Waals surface area (Å²) in [6, 6.07) is 13.1. The summed E-state index contributed by atoms with van der Waals surface area (Å²) in [5.41, 5.74) is 1.19. The summed E-state index contributed by atoms with van der Waals surface area (Å²) < 4.78 is 23.9. The van der Waals surface area contributed by atoms with Crippen molar-refractivity contribution >= 4 is 40.8 Å². The minimum Gasteiger partial charge on any atom is -0.376 e. The minimum absolute atomic E-state index is 0.00485. The van der Waals surface area contributed by atoms with Crippen molar-refractivity contribution in [3.8, 4) is 0 Å². The fourth-order valence-corrected chi connectivity index (χ4v) is 5.49. The molecular weight excluding hydrogens is 495 g/mol. The van der Waals surface area contributed by atoms with E-state index in [1.165, 1.54) is 6.07 Å². The molecule has 0 radical (unpaired) electrons. The average Bonchev–Trinajstić information content (AvgIpc) is 3.28. The van der Waals surface area contributed by atoms with Crippen molar-refractivity contribution in [2.45, 2.75) is 63.2 Å². The van der Waals surface area contributed by atoms with Crippen molar-refractivity contribution in [1.82, 2.24) is 4.90 Å². The number of methoxy groups -OCH3 is 1. The van der Waals surface area contributed by atoms with Gasteiger partial charge in [0.15, 0.2) is 12.1 Å². The Balaban J connectivity index is 1.50. The quantitative estimate of drug-likeness (QED) is 0.572. The van der Waals surface area contributed by atoms with Crippen LogP contribution in [0, 0.1) is 0 Å². The monoisotopic (exact) mass is 520 g/mol. The van der Waals surface area contributed by atoms with E-state index in [0.717, 1.165) is 10.5 Å². The normalized spacial score (nSPS) is 30.1. The van der Waals surface area contributed by atoms with Crippen LogP contribution in [-0.4, -0.2) is 60.4 Å². The van der Waals surface area contributed by atoms with E-state index < -0.39 is 48.4 Å². The standard InChI is InChI=1S/C25H26Cl2N2O6/c1-25(2)34-22-21(32-3)20(33-23(22)35-25)18-12-19(30)29(17-10-9-15(26)11-16(17)27)24(31)28(18)13-14-7-5-4-6-8-14/h4-11,18,20-23H,12-13H2,1-3H3/t18-,20+,21-,22+,23+/m0/s1. The summed E-state index contributed by atoms with van der Waals surface area (Å²) in [5.74, 6) is -1.22. The number of anilines is 1. The Kier molecular flexibility index (Phi) is 6.54. The maximum Gasteiger partial charge on any atom is 0.332 e. The van der Waals surface area contributed by atoms with E-state index in [0.29, 0.717) is 5.02 Å². The lowest BCUT2D eigenvalue weighted by Gasteiger charge is -2.43. The maximum atomic E-state index is 13.9. The van der Waals surface area contributed by atoms with Gasteiger partial charge in [-0.15, -0.1) is 0 Å². The lowest BCUT2D eigenvalue weighted by Crippen LogP contribution is -2.62. The van der Waals surface area contributed by atoms with Crippen LogP contribution in [0.2, 0.25) is 10.0 Å². The van der Waals surface area contributed by atoms with Crippen LogP contribution < -0.4 is 4.90 Å². The number of hydrogen-bond acceptors (Lipinski definition) is 6. The van der Waals surface area contributed by atoms with Gasteiger partial charge in [-0.1, -0.05) is 53.5 Å². The van der Waals surface area contributed by atoms with Crippen molar-refractivity contribution in [1.29, 1.82) is 0 Å². The number of amides is 3. The summed E-state index contributed by atoms with van der Waals surface area (Å²) in [6.07, 6.45) is -2.30. The number of hydrogen-bond donors (Lipinski definition) is 0. The summed E-state index contributed by atoms with van der Waals surface area (Å²) >= 11 is 12.4. The number of carbonyl (C=O) groups is 2. The van der Waals surface area contributed by atoms with Crippen molar-refractivity contribution < 1.29 is 28.5 Å². The smallest absolute Gasteiger partial charge is 0.332 e. The minimum atomic E-state index is -0.818. The van der Waals surface area contributed by atoms with E-state index in [-0.39, 0.29) is 23.7 Å². The highest BCUT2D eigenvalue weighted by molar-refractivity contribution is 6.37. The first kappa shape index (κ1) is 24.5. The topological polar surface area (TPSA) is 77.5 Å². The molecule has 8 nitrogen and oxygen atoms in total. The van der Waals surface area contributed by atoms with E-state index in [1.807, 2.05) is 30.3 Å². The fraction of sp³-hybridized carbons (Fsp3) is 0.440. The van der Waals surface area contributed by atoms with E-state index >= 15 is 0 Å². The first-order valence-electron chi connectivity index (χ1n) is 11.3. The zero-order valence-corrected chi connectivity index (χ0v) is 21.0. The first-order chi connectivity index (χ1) is 16.7. The van der Waals surface area contributed by atoms with Crippen LogP contribution in [0.15, 0.2) is 48.5 Å². The zero-order valence-electron chi connectivity index (χ0n) is 19.5. The number of rotatable bonds is 5. The molecule has 2 aromatic carbocycles. The molecule has 5 atom stereocenters. The Bertz CT molecular complexity index is 1130. The van der Waals surface area contributed by atoms with E-state index in [4.69, 9.17) is 42.1 Å². The Hall–Kier alpha value is -2.20. The van der Waals surface area contributed by atoms with E-state index in [1.54, 1.807) is 38.0 Å². The average molecular weight is 521 g/mol. The predicted octanol–water partition coefficient (Wildman–Crippen LogP) is 4.61. The Morgan fingerprint density at radius 2 is 1.80 bits per heavy atom. The zero-order chi connectivity index (χ0) is 24.9. The number of benzene rings is 2. The molecule has 186 valence electrons. The number of fused-ring (bicyclic) bond motifs is 1.